The molecule has 0 unspecified atom stereocenters. The molecule has 1 aromatic carbocycles. The quantitative estimate of drug-likeness (QED) is 0.591. The highest BCUT2D eigenvalue weighted by Gasteiger charge is 2.07. The Balaban J connectivity index is 3.06. The Morgan fingerprint density at radius 1 is 1.47 bits per heavy atom. The first-order valence-corrected chi connectivity index (χ1v) is 4.83. The normalized spacial score (nSPS) is 10.3. The number of hydrogen-bond donors (Lipinski definition) is 1. The molecule has 0 fully saturated rings. The van der Waals surface area contributed by atoms with Gasteiger partial charge in [-0.2, -0.15) is 5.10 Å². The van der Waals surface area contributed by atoms with Crippen molar-refractivity contribution in [1.82, 2.24) is 5.43 Å². The molecule has 4 nitrogen and oxygen atoms in total. The van der Waals surface area contributed by atoms with E-state index in [1.807, 2.05) is 25.1 Å². The summed E-state index contributed by atoms with van der Waals surface area (Å²) in [6.07, 6.45) is 1.70. The molecule has 0 aliphatic carbocycles. The molecule has 1 N–H and O–H groups in total. The standard InChI is InChI=1S/C11H16N2O2/c1-4-15-11-9(8-13-12-2)6-5-7-10(11)14-3/h5-8,12H,4H2,1-3H3/b13-8+. The fourth-order valence-corrected chi connectivity index (χ4v) is 1.23. The molecule has 1 aromatic rings. The lowest BCUT2D eigenvalue weighted by atomic mass is 10.2. The molecule has 0 aliphatic rings. The molecule has 0 amide bonds. The third-order valence-electron chi connectivity index (χ3n) is 1.85. The average molecular weight is 208 g/mol. The summed E-state index contributed by atoms with van der Waals surface area (Å²) in [6, 6.07) is 5.69. The van der Waals surface area contributed by atoms with Crippen LogP contribution in [0.5, 0.6) is 11.5 Å². The van der Waals surface area contributed by atoms with Gasteiger partial charge in [0.2, 0.25) is 0 Å². The Labute approximate surface area is 89.9 Å². The van der Waals surface area contributed by atoms with Crippen LogP contribution in [0.15, 0.2) is 23.3 Å². The van der Waals surface area contributed by atoms with E-state index in [9.17, 15) is 0 Å². The highest BCUT2D eigenvalue weighted by molar-refractivity contribution is 5.84. The zero-order chi connectivity index (χ0) is 11.1. The van der Waals surface area contributed by atoms with Gasteiger partial charge in [-0.1, -0.05) is 6.07 Å². The van der Waals surface area contributed by atoms with E-state index in [1.54, 1.807) is 20.4 Å². The predicted molar refractivity (Wildman–Crippen MR) is 60.8 cm³/mol. The molecule has 0 aliphatic heterocycles. The van der Waals surface area contributed by atoms with Gasteiger partial charge in [0.25, 0.3) is 0 Å². The van der Waals surface area contributed by atoms with Crippen LogP contribution in [-0.2, 0) is 0 Å². The van der Waals surface area contributed by atoms with Gasteiger partial charge >= 0.3 is 0 Å². The van der Waals surface area contributed by atoms with Crippen molar-refractivity contribution in [3.8, 4) is 11.5 Å². The lowest BCUT2D eigenvalue weighted by Gasteiger charge is -2.11. The summed E-state index contributed by atoms with van der Waals surface area (Å²) < 4.78 is 10.7. The maximum absolute atomic E-state index is 5.51. The van der Waals surface area contributed by atoms with Crippen molar-refractivity contribution in [1.29, 1.82) is 0 Å². The first-order valence-electron chi connectivity index (χ1n) is 4.83. The Kier molecular flexibility index (Phi) is 4.47. The van der Waals surface area contributed by atoms with Crippen LogP contribution in [0, 0.1) is 0 Å². The summed E-state index contributed by atoms with van der Waals surface area (Å²) in [6.45, 7) is 2.53. The van der Waals surface area contributed by atoms with E-state index >= 15 is 0 Å². The van der Waals surface area contributed by atoms with E-state index in [0.29, 0.717) is 6.61 Å². The first-order chi connectivity index (χ1) is 7.33. The molecule has 1 rings (SSSR count). The Morgan fingerprint density at radius 3 is 2.87 bits per heavy atom. The van der Waals surface area contributed by atoms with Crippen molar-refractivity contribution >= 4 is 6.21 Å². The second kappa shape index (κ2) is 5.90. The summed E-state index contributed by atoms with van der Waals surface area (Å²) in [4.78, 5) is 0. The summed E-state index contributed by atoms with van der Waals surface area (Å²) in [7, 11) is 3.37. The Hall–Kier alpha value is -1.71. The van der Waals surface area contributed by atoms with E-state index in [1.165, 1.54) is 0 Å². The molecule has 15 heavy (non-hydrogen) atoms. The molecule has 0 heterocycles. The molecule has 82 valence electrons. The van der Waals surface area contributed by atoms with E-state index in [4.69, 9.17) is 9.47 Å². The van der Waals surface area contributed by atoms with Crippen LogP contribution in [0.25, 0.3) is 0 Å². The van der Waals surface area contributed by atoms with Crippen LogP contribution in [-0.4, -0.2) is 27.0 Å². The van der Waals surface area contributed by atoms with Gasteiger partial charge in [-0.25, -0.2) is 0 Å². The van der Waals surface area contributed by atoms with Gasteiger partial charge in [0.15, 0.2) is 11.5 Å². The van der Waals surface area contributed by atoms with Crippen LogP contribution >= 0.6 is 0 Å². The molecule has 0 atom stereocenters. The second-order valence-electron chi connectivity index (χ2n) is 2.79. The van der Waals surface area contributed by atoms with Crippen LogP contribution in [0.4, 0.5) is 0 Å². The molecular weight excluding hydrogens is 192 g/mol. The summed E-state index contributed by atoms with van der Waals surface area (Å²) in [5.74, 6) is 1.44. The second-order valence-corrected chi connectivity index (χ2v) is 2.79. The lowest BCUT2D eigenvalue weighted by molar-refractivity contribution is 0.310. The van der Waals surface area contributed by atoms with Gasteiger partial charge in [0.05, 0.1) is 19.9 Å². The summed E-state index contributed by atoms with van der Waals surface area (Å²) in [5.41, 5.74) is 3.59. The largest absolute Gasteiger partial charge is 0.493 e. The number of hydrazone groups is 1. The van der Waals surface area contributed by atoms with Crippen molar-refractivity contribution in [3.63, 3.8) is 0 Å². The smallest absolute Gasteiger partial charge is 0.169 e. The number of methoxy groups -OCH3 is 1. The molecule has 4 heteroatoms. The van der Waals surface area contributed by atoms with Crippen LogP contribution < -0.4 is 14.9 Å². The third-order valence-corrected chi connectivity index (χ3v) is 1.85. The molecule has 0 radical (unpaired) electrons. The Morgan fingerprint density at radius 2 is 2.27 bits per heavy atom. The van der Waals surface area contributed by atoms with E-state index in [-0.39, 0.29) is 0 Å². The maximum atomic E-state index is 5.51. The SMILES string of the molecule is CCOc1c(/C=N/NC)cccc1OC. The highest BCUT2D eigenvalue weighted by atomic mass is 16.5. The number of nitrogens with one attached hydrogen (secondary N) is 1. The van der Waals surface area contributed by atoms with E-state index < -0.39 is 0 Å². The van der Waals surface area contributed by atoms with E-state index in [2.05, 4.69) is 10.5 Å². The molecule has 0 spiro atoms. The monoisotopic (exact) mass is 208 g/mol. The first kappa shape index (κ1) is 11.4. The van der Waals surface area contributed by atoms with Gasteiger partial charge in [0.1, 0.15) is 0 Å². The average Bonchev–Trinajstić information content (AvgIpc) is 2.28. The number of rotatable bonds is 5. The number of nitrogens with zero attached hydrogens (tertiary/aromatic N) is 1. The number of benzene rings is 1. The topological polar surface area (TPSA) is 42.8 Å². The van der Waals surface area contributed by atoms with Crippen LogP contribution in [0.1, 0.15) is 12.5 Å². The number of ether oxygens (including phenoxy) is 2. The van der Waals surface area contributed by atoms with Crippen LogP contribution in [0.3, 0.4) is 0 Å². The zero-order valence-electron chi connectivity index (χ0n) is 9.28. The van der Waals surface area contributed by atoms with Gasteiger partial charge in [-0.05, 0) is 19.1 Å². The highest BCUT2D eigenvalue weighted by Crippen LogP contribution is 2.29. The molecule has 0 aromatic heterocycles. The minimum atomic E-state index is 0.598. The number of hydrogen-bond acceptors (Lipinski definition) is 4. The molecule has 0 bridgehead atoms. The van der Waals surface area contributed by atoms with E-state index in [0.717, 1.165) is 17.1 Å². The van der Waals surface area contributed by atoms with Crippen LogP contribution in [0.2, 0.25) is 0 Å². The summed E-state index contributed by atoms with van der Waals surface area (Å²) >= 11 is 0. The van der Waals surface area contributed by atoms with Gasteiger partial charge in [-0.3, -0.25) is 0 Å². The summed E-state index contributed by atoms with van der Waals surface area (Å²) in [5, 5.41) is 3.95. The molecule has 0 saturated heterocycles. The van der Waals surface area contributed by atoms with Crippen molar-refractivity contribution in [2.24, 2.45) is 5.10 Å². The molecular formula is C11H16N2O2. The predicted octanol–water partition coefficient (Wildman–Crippen LogP) is 1.65. The minimum absolute atomic E-state index is 0.598. The van der Waals surface area contributed by atoms with Crippen molar-refractivity contribution < 1.29 is 9.47 Å². The van der Waals surface area contributed by atoms with Gasteiger partial charge < -0.3 is 14.9 Å². The van der Waals surface area contributed by atoms with Gasteiger partial charge in [-0.15, -0.1) is 0 Å². The third kappa shape index (κ3) is 2.87. The minimum Gasteiger partial charge on any atom is -0.493 e. The Bertz CT molecular complexity index is 337. The van der Waals surface area contributed by atoms with Gasteiger partial charge in [0, 0.05) is 12.6 Å². The zero-order valence-corrected chi connectivity index (χ0v) is 9.28. The lowest BCUT2D eigenvalue weighted by Crippen LogP contribution is -2.01. The van der Waals surface area contributed by atoms with Crippen molar-refractivity contribution in [2.75, 3.05) is 20.8 Å². The fourth-order valence-electron chi connectivity index (χ4n) is 1.23. The van der Waals surface area contributed by atoms with Crippen molar-refractivity contribution in [2.45, 2.75) is 6.92 Å². The maximum Gasteiger partial charge on any atom is 0.169 e. The number of para-hydroxylation sites is 1. The molecule has 0 saturated carbocycles. The van der Waals surface area contributed by atoms with Crippen molar-refractivity contribution in [3.05, 3.63) is 23.8 Å². The fraction of sp³-hybridized carbons (Fsp3) is 0.364.